The van der Waals surface area contributed by atoms with Gasteiger partial charge < -0.3 is 4.74 Å². The van der Waals surface area contributed by atoms with Gasteiger partial charge in [-0.1, -0.05) is 52.4 Å². The summed E-state index contributed by atoms with van der Waals surface area (Å²) < 4.78 is 6.47. The van der Waals surface area contributed by atoms with E-state index in [1.807, 2.05) is 0 Å². The number of unbranched alkanes of at least 4 members (excludes halogenated alkanes) is 2. The number of rotatable bonds is 8. The van der Waals surface area contributed by atoms with Gasteiger partial charge in [0.1, 0.15) is 0 Å². The monoisotopic (exact) mass is 348 g/mol. The van der Waals surface area contributed by atoms with Gasteiger partial charge in [0.15, 0.2) is 0 Å². The van der Waals surface area contributed by atoms with Gasteiger partial charge >= 0.3 is 0 Å². The predicted octanol–water partition coefficient (Wildman–Crippen LogP) is 7.38. The number of fused-ring (bicyclic) bond motifs is 3. The smallest absolute Gasteiger partial charge is 0.0581 e. The molecule has 146 valence electrons. The van der Waals surface area contributed by atoms with Gasteiger partial charge in [-0.25, -0.2) is 0 Å². The van der Waals surface area contributed by atoms with E-state index in [9.17, 15) is 0 Å². The van der Waals surface area contributed by atoms with Crippen LogP contribution in [-0.4, -0.2) is 12.2 Å². The van der Waals surface area contributed by atoms with Gasteiger partial charge in [0.2, 0.25) is 0 Å². The van der Waals surface area contributed by atoms with Crippen LogP contribution in [0.15, 0.2) is 0 Å². The Morgan fingerprint density at radius 3 is 2.24 bits per heavy atom. The summed E-state index contributed by atoms with van der Waals surface area (Å²) in [6.45, 7) is 6.97. The first kappa shape index (κ1) is 19.7. The number of hydrogen-bond donors (Lipinski definition) is 0. The molecule has 1 heteroatoms. The Hall–Kier alpha value is -0.0400. The fourth-order valence-electron chi connectivity index (χ4n) is 6.72. The third-order valence-electron chi connectivity index (χ3n) is 7.94. The third kappa shape index (κ3) is 5.24. The maximum absolute atomic E-state index is 6.47. The average Bonchev–Trinajstić information content (AvgIpc) is 2.62. The van der Waals surface area contributed by atoms with E-state index in [0.29, 0.717) is 12.2 Å². The second-order valence-corrected chi connectivity index (χ2v) is 9.77. The van der Waals surface area contributed by atoms with Crippen molar-refractivity contribution in [1.29, 1.82) is 0 Å². The number of hydrogen-bond acceptors (Lipinski definition) is 1. The van der Waals surface area contributed by atoms with Crippen LogP contribution >= 0.6 is 0 Å². The lowest BCUT2D eigenvalue weighted by Gasteiger charge is -2.51. The largest absolute Gasteiger partial charge is 0.375 e. The zero-order chi connectivity index (χ0) is 17.6. The summed E-state index contributed by atoms with van der Waals surface area (Å²) in [6.07, 6.45) is 21.1. The summed E-state index contributed by atoms with van der Waals surface area (Å²) in [7, 11) is 0. The van der Waals surface area contributed by atoms with Crippen LogP contribution in [0.25, 0.3) is 0 Å². The highest BCUT2D eigenvalue weighted by Gasteiger charge is 2.44. The minimum atomic E-state index is 0.480. The molecule has 3 rings (SSSR count). The molecule has 0 aromatic carbocycles. The molecule has 0 amide bonds. The van der Waals surface area contributed by atoms with Crippen molar-refractivity contribution in [3.63, 3.8) is 0 Å². The van der Waals surface area contributed by atoms with Gasteiger partial charge in [-0.3, -0.25) is 0 Å². The zero-order valence-electron chi connectivity index (χ0n) is 17.3. The molecule has 0 aromatic heterocycles. The van der Waals surface area contributed by atoms with Crippen LogP contribution in [0.3, 0.4) is 0 Å². The molecule has 3 aliphatic carbocycles. The van der Waals surface area contributed by atoms with Crippen molar-refractivity contribution in [3.8, 4) is 0 Å². The first-order valence-corrected chi connectivity index (χ1v) is 11.9. The fraction of sp³-hybridized carbons (Fsp3) is 1.00. The highest BCUT2D eigenvalue weighted by Crippen LogP contribution is 2.53. The first-order chi connectivity index (χ1) is 12.2. The molecule has 0 spiro atoms. The lowest BCUT2D eigenvalue weighted by atomic mass is 9.56. The lowest BCUT2D eigenvalue weighted by Crippen LogP contribution is -2.43. The quantitative estimate of drug-likeness (QED) is 0.416. The van der Waals surface area contributed by atoms with Crippen molar-refractivity contribution < 1.29 is 4.74 Å². The fourth-order valence-corrected chi connectivity index (χ4v) is 6.72. The molecule has 0 bridgehead atoms. The average molecular weight is 349 g/mol. The summed E-state index contributed by atoms with van der Waals surface area (Å²) in [5.74, 6) is 5.26. The molecule has 3 aliphatic rings. The second-order valence-electron chi connectivity index (χ2n) is 9.77. The SMILES string of the molecule is CCCCCC(C)OC1CCC2C(CCC3CC(CCC)CCC32)C1. The Balaban J connectivity index is 1.45. The van der Waals surface area contributed by atoms with Gasteiger partial charge in [-0.2, -0.15) is 0 Å². The van der Waals surface area contributed by atoms with Crippen LogP contribution < -0.4 is 0 Å². The van der Waals surface area contributed by atoms with Crippen molar-refractivity contribution in [1.82, 2.24) is 0 Å². The molecule has 7 atom stereocenters. The van der Waals surface area contributed by atoms with Crippen LogP contribution in [0.2, 0.25) is 0 Å². The Morgan fingerprint density at radius 1 is 0.800 bits per heavy atom. The first-order valence-electron chi connectivity index (χ1n) is 11.9. The molecule has 0 heterocycles. The Morgan fingerprint density at radius 2 is 1.52 bits per heavy atom. The lowest BCUT2D eigenvalue weighted by molar-refractivity contribution is -0.0774. The molecule has 0 radical (unpaired) electrons. The highest BCUT2D eigenvalue weighted by atomic mass is 16.5. The molecule has 3 saturated carbocycles. The van der Waals surface area contributed by atoms with Crippen LogP contribution in [-0.2, 0) is 4.74 Å². The normalized spacial score (nSPS) is 39.5. The Labute approximate surface area is 157 Å². The topological polar surface area (TPSA) is 9.23 Å². The van der Waals surface area contributed by atoms with Gasteiger partial charge in [0.25, 0.3) is 0 Å². The maximum atomic E-state index is 6.47. The molecular weight excluding hydrogens is 304 g/mol. The minimum Gasteiger partial charge on any atom is -0.375 e. The Kier molecular flexibility index (Phi) is 7.70. The van der Waals surface area contributed by atoms with E-state index in [1.54, 1.807) is 12.8 Å². The molecule has 0 aromatic rings. The number of ether oxygens (including phenoxy) is 1. The van der Waals surface area contributed by atoms with Gasteiger partial charge in [-0.15, -0.1) is 0 Å². The van der Waals surface area contributed by atoms with Crippen molar-refractivity contribution in [2.75, 3.05) is 0 Å². The van der Waals surface area contributed by atoms with Crippen molar-refractivity contribution in [2.24, 2.45) is 29.6 Å². The van der Waals surface area contributed by atoms with Crippen molar-refractivity contribution in [3.05, 3.63) is 0 Å². The molecule has 1 nitrogen and oxygen atoms in total. The predicted molar refractivity (Wildman–Crippen MR) is 108 cm³/mol. The van der Waals surface area contributed by atoms with E-state index in [2.05, 4.69) is 20.8 Å². The van der Waals surface area contributed by atoms with Gasteiger partial charge in [-0.05, 0) is 87.9 Å². The molecule has 0 aliphatic heterocycles. The zero-order valence-corrected chi connectivity index (χ0v) is 17.3. The molecule has 0 saturated heterocycles. The molecular formula is C24H44O. The summed E-state index contributed by atoms with van der Waals surface area (Å²) in [4.78, 5) is 0. The summed E-state index contributed by atoms with van der Waals surface area (Å²) in [5.41, 5.74) is 0. The van der Waals surface area contributed by atoms with E-state index < -0.39 is 0 Å². The Bertz CT molecular complexity index is 378. The molecule has 7 unspecified atom stereocenters. The van der Waals surface area contributed by atoms with Crippen LogP contribution in [0.5, 0.6) is 0 Å². The van der Waals surface area contributed by atoms with Gasteiger partial charge in [0.05, 0.1) is 12.2 Å². The second kappa shape index (κ2) is 9.77. The van der Waals surface area contributed by atoms with E-state index >= 15 is 0 Å². The van der Waals surface area contributed by atoms with Crippen molar-refractivity contribution >= 4 is 0 Å². The van der Waals surface area contributed by atoms with Crippen LogP contribution in [0.4, 0.5) is 0 Å². The summed E-state index contributed by atoms with van der Waals surface area (Å²) in [6, 6.07) is 0. The highest BCUT2D eigenvalue weighted by molar-refractivity contribution is 4.94. The summed E-state index contributed by atoms with van der Waals surface area (Å²) in [5, 5.41) is 0. The van der Waals surface area contributed by atoms with Crippen LogP contribution in [0, 0.1) is 29.6 Å². The minimum absolute atomic E-state index is 0.480. The van der Waals surface area contributed by atoms with Crippen LogP contribution in [0.1, 0.15) is 111 Å². The summed E-state index contributed by atoms with van der Waals surface area (Å²) >= 11 is 0. The molecule has 25 heavy (non-hydrogen) atoms. The van der Waals surface area contributed by atoms with Gasteiger partial charge in [0, 0.05) is 0 Å². The molecule has 0 N–H and O–H groups in total. The van der Waals surface area contributed by atoms with E-state index in [-0.39, 0.29) is 0 Å². The standard InChI is InChI=1S/C24H44O/c1-4-6-7-9-18(3)25-22-13-15-24-21(17-22)12-11-20-16-19(8-5-2)10-14-23(20)24/h18-24H,4-17H2,1-3H3. The maximum Gasteiger partial charge on any atom is 0.0581 e. The molecule has 3 fully saturated rings. The van der Waals surface area contributed by atoms with E-state index in [1.165, 1.54) is 77.0 Å². The van der Waals surface area contributed by atoms with E-state index in [4.69, 9.17) is 4.74 Å². The van der Waals surface area contributed by atoms with E-state index in [0.717, 1.165) is 29.6 Å². The third-order valence-corrected chi connectivity index (χ3v) is 7.94. The van der Waals surface area contributed by atoms with Crippen molar-refractivity contribution in [2.45, 2.75) is 123 Å².